The van der Waals surface area contributed by atoms with E-state index in [1.54, 1.807) is 6.08 Å². The van der Waals surface area contributed by atoms with Crippen LogP contribution in [0.4, 0.5) is 0 Å². The van der Waals surface area contributed by atoms with Crippen LogP contribution in [0.25, 0.3) is 10.4 Å². The van der Waals surface area contributed by atoms with Gasteiger partial charge in [-0.1, -0.05) is 0 Å². The van der Waals surface area contributed by atoms with Gasteiger partial charge in [0, 0.05) is 0 Å². The van der Waals surface area contributed by atoms with Crippen LogP contribution in [0.3, 0.4) is 0 Å². The summed E-state index contributed by atoms with van der Waals surface area (Å²) in [5.74, 6) is 0. The second kappa shape index (κ2) is 5.85. The van der Waals surface area contributed by atoms with Gasteiger partial charge in [-0.15, -0.1) is 0 Å². The number of azide groups is 1. The van der Waals surface area contributed by atoms with Gasteiger partial charge in [0.1, 0.15) is 0 Å². The normalized spacial score (nSPS) is 6.86. The molecule has 36 valence electrons. The van der Waals surface area contributed by atoms with Gasteiger partial charge in [-0.2, -0.15) is 0 Å². The number of hydrogen-bond acceptors (Lipinski definition) is 1. The molecule has 0 aliphatic carbocycles. The summed E-state index contributed by atoms with van der Waals surface area (Å²) < 4.78 is 4.38. The van der Waals surface area contributed by atoms with Crippen molar-refractivity contribution >= 4 is 21.4 Å². The number of rotatable bonds is 3. The molecule has 0 unspecified atom stereocenters. The Kier molecular flexibility index (Phi) is 5.72. The van der Waals surface area contributed by atoms with Crippen molar-refractivity contribution in [2.75, 3.05) is 0 Å². The number of allylic oxidation sites excluding steroid dienone is 1. The van der Waals surface area contributed by atoms with Gasteiger partial charge in [-0.05, 0) is 0 Å². The van der Waals surface area contributed by atoms with Crippen LogP contribution < -0.4 is 0 Å². The molecule has 2 radical (unpaired) electrons. The van der Waals surface area contributed by atoms with Gasteiger partial charge in [0.2, 0.25) is 0 Å². The Bertz CT molecular complexity index is 94.4. The number of nitrogens with zero attached hydrogens (tertiary/aromatic N) is 3. The molecule has 0 rings (SSSR count). The summed E-state index contributed by atoms with van der Waals surface area (Å²) in [6.07, 6.45) is 1.79. The molecule has 0 spiro atoms. The first-order valence-corrected chi connectivity index (χ1v) is 5.09. The zero-order valence-electron chi connectivity index (χ0n) is 3.83. The quantitative estimate of drug-likeness (QED) is 0.166. The second-order valence-corrected chi connectivity index (χ2v) is 3.48. The molecular weight excluding hydrogens is 197 g/mol. The van der Waals surface area contributed by atoms with Crippen molar-refractivity contribution in [3.05, 3.63) is 23.1 Å². The van der Waals surface area contributed by atoms with Crippen LogP contribution in [0, 0.1) is 0 Å². The van der Waals surface area contributed by atoms with Crippen LogP contribution in [0.5, 0.6) is 0 Å². The first kappa shape index (κ1) is 6.85. The van der Waals surface area contributed by atoms with Crippen LogP contribution in [-0.4, -0.2) is 21.4 Å². The molecule has 0 aromatic heterocycles. The fraction of sp³-hybridized carbons (Fsp3) is 0.333. The summed E-state index contributed by atoms with van der Waals surface area (Å²) in [7, 11) is 0. The zero-order valence-corrected chi connectivity index (χ0v) is 6.69. The van der Waals surface area contributed by atoms with Crippen LogP contribution in [0.2, 0.25) is 4.44 Å². The Morgan fingerprint density at radius 1 is 2.00 bits per heavy atom. The van der Waals surface area contributed by atoms with E-state index in [1.165, 1.54) is 0 Å². The average Bonchev–Trinajstić information content (AvgIpc) is 1.69. The van der Waals surface area contributed by atoms with E-state index in [-0.39, 0.29) is 0 Å². The Hall–Kier alpha value is -0.151. The molecule has 0 saturated carbocycles. The molecule has 0 atom stereocenters. The molecule has 0 aliphatic rings. The van der Waals surface area contributed by atoms with Crippen LogP contribution in [0.1, 0.15) is 0 Å². The van der Waals surface area contributed by atoms with E-state index in [9.17, 15) is 0 Å². The van der Waals surface area contributed by atoms with Gasteiger partial charge < -0.3 is 0 Å². The molecule has 0 bridgehead atoms. The third-order valence-corrected chi connectivity index (χ3v) is 2.35. The molecule has 0 fully saturated rings. The molecule has 3 nitrogen and oxygen atoms in total. The Balaban J connectivity index is 2.97. The second-order valence-electron chi connectivity index (χ2n) is 0.840. The maximum atomic E-state index is 7.76. The fourth-order valence-corrected chi connectivity index (χ4v) is 0.919. The minimum absolute atomic E-state index is 0.728. The molecule has 0 aromatic carbocycles. The van der Waals surface area contributed by atoms with E-state index < -0.39 is 21.4 Å². The summed E-state index contributed by atoms with van der Waals surface area (Å²) in [5.41, 5.74) is 7.76. The summed E-state index contributed by atoms with van der Waals surface area (Å²) in [4.78, 5) is 2.63. The summed E-state index contributed by atoms with van der Waals surface area (Å²) >= 11 is -0.728. The Morgan fingerprint density at radius 2 is 2.71 bits per heavy atom. The van der Waals surface area contributed by atoms with E-state index in [0.29, 0.717) is 0 Å². The molecule has 0 amide bonds. The van der Waals surface area contributed by atoms with E-state index in [2.05, 4.69) is 14.8 Å². The molecule has 0 N–H and O–H groups in total. The van der Waals surface area contributed by atoms with E-state index >= 15 is 0 Å². The average molecular weight is 202 g/mol. The first-order valence-electron chi connectivity index (χ1n) is 1.79. The minimum atomic E-state index is -0.728. The Labute approximate surface area is 52.6 Å². The predicted molar refractivity (Wildman–Crippen MR) is 29.9 cm³/mol. The van der Waals surface area contributed by atoms with Crippen LogP contribution in [-0.2, 0) is 0 Å². The van der Waals surface area contributed by atoms with Gasteiger partial charge in [0.15, 0.2) is 0 Å². The van der Waals surface area contributed by atoms with Crippen molar-refractivity contribution in [2.45, 2.75) is 4.44 Å². The standard InChI is InChI=1S/C3H5.N3.Sn/c2*1-3-2;/h3H,1-2H2;;/q;-1;+1. The number of hydrogen-bond donors (Lipinski definition) is 0. The topological polar surface area (TPSA) is 48.8 Å². The maximum absolute atomic E-state index is 7.76. The van der Waals surface area contributed by atoms with Crippen LogP contribution >= 0.6 is 0 Å². The molecular formula is C3H5N3Sn. The van der Waals surface area contributed by atoms with Crippen molar-refractivity contribution in [2.24, 2.45) is 3.34 Å². The zero-order chi connectivity index (χ0) is 5.54. The SMILES string of the molecule is C=C[CH2][Sn][N]=[N+]=[N-]. The van der Waals surface area contributed by atoms with E-state index in [1.807, 2.05) is 0 Å². The van der Waals surface area contributed by atoms with Gasteiger partial charge in [-0.25, -0.2) is 0 Å². The molecule has 0 aromatic rings. The Morgan fingerprint density at radius 3 is 3.14 bits per heavy atom. The molecule has 0 saturated heterocycles. The molecule has 0 aliphatic heterocycles. The molecule has 4 heteroatoms. The van der Waals surface area contributed by atoms with Gasteiger partial charge >= 0.3 is 52.3 Å². The van der Waals surface area contributed by atoms with Gasteiger partial charge in [-0.3, -0.25) is 0 Å². The summed E-state index contributed by atoms with van der Waals surface area (Å²) in [6.45, 7) is 3.49. The molecule has 7 heavy (non-hydrogen) atoms. The van der Waals surface area contributed by atoms with Crippen molar-refractivity contribution in [3.63, 3.8) is 0 Å². The predicted octanol–water partition coefficient (Wildman–Crippen LogP) is 1.52. The van der Waals surface area contributed by atoms with Crippen LogP contribution in [0.15, 0.2) is 16.0 Å². The van der Waals surface area contributed by atoms with Crippen molar-refractivity contribution < 1.29 is 0 Å². The third-order valence-electron chi connectivity index (χ3n) is 0.351. The van der Waals surface area contributed by atoms with E-state index in [0.717, 1.165) is 4.44 Å². The molecule has 0 heterocycles. The van der Waals surface area contributed by atoms with Gasteiger partial charge in [0.25, 0.3) is 0 Å². The van der Waals surface area contributed by atoms with Crippen molar-refractivity contribution in [3.8, 4) is 0 Å². The third kappa shape index (κ3) is 5.85. The van der Waals surface area contributed by atoms with Gasteiger partial charge in [0.05, 0.1) is 0 Å². The summed E-state index contributed by atoms with van der Waals surface area (Å²) in [6, 6.07) is 0. The fourth-order valence-electron chi connectivity index (χ4n) is 0.137. The van der Waals surface area contributed by atoms with Crippen molar-refractivity contribution in [1.29, 1.82) is 0 Å². The first-order chi connectivity index (χ1) is 3.41. The van der Waals surface area contributed by atoms with E-state index in [4.69, 9.17) is 5.53 Å². The summed E-state index contributed by atoms with van der Waals surface area (Å²) in [5, 5.41) is 0. The van der Waals surface area contributed by atoms with Crippen molar-refractivity contribution in [1.82, 2.24) is 0 Å². The monoisotopic (exact) mass is 203 g/mol.